The van der Waals surface area contributed by atoms with E-state index in [1.54, 1.807) is 0 Å². The Balaban J connectivity index is 2.23. The predicted octanol–water partition coefficient (Wildman–Crippen LogP) is 2.66. The minimum atomic E-state index is 0.313. The maximum atomic E-state index is 5.89. The van der Waals surface area contributed by atoms with Gasteiger partial charge in [-0.15, -0.1) is 0 Å². The van der Waals surface area contributed by atoms with Gasteiger partial charge in [0.1, 0.15) is 17.5 Å². The van der Waals surface area contributed by atoms with Gasteiger partial charge in [0.15, 0.2) is 0 Å². The molecule has 0 aliphatic carbocycles. The molecule has 2 N–H and O–H groups in total. The topological polar surface area (TPSA) is 55.0 Å². The smallest absolute Gasteiger partial charge is 0.135 e. The minimum Gasteiger partial charge on any atom is -0.384 e. The molecule has 1 fully saturated rings. The third kappa shape index (κ3) is 2.74. The molecule has 1 aromatic rings. The molecule has 100 valence electrons. The number of anilines is 2. The van der Waals surface area contributed by atoms with Crippen molar-refractivity contribution in [3.05, 3.63) is 11.9 Å². The Kier molecular flexibility index (Phi) is 3.73. The largest absolute Gasteiger partial charge is 0.384 e. The summed E-state index contributed by atoms with van der Waals surface area (Å²) in [6, 6.07) is 1.90. The highest BCUT2D eigenvalue weighted by molar-refractivity contribution is 5.47. The van der Waals surface area contributed by atoms with Gasteiger partial charge in [-0.25, -0.2) is 9.97 Å². The van der Waals surface area contributed by atoms with Crippen molar-refractivity contribution in [3.63, 3.8) is 0 Å². The molecular formula is C14H24N4. The van der Waals surface area contributed by atoms with E-state index in [0.717, 1.165) is 30.6 Å². The van der Waals surface area contributed by atoms with E-state index in [9.17, 15) is 0 Å². The second-order valence-corrected chi connectivity index (χ2v) is 5.85. The summed E-state index contributed by atoms with van der Waals surface area (Å²) in [6.07, 6.45) is 1.22. The van der Waals surface area contributed by atoms with E-state index in [4.69, 9.17) is 5.73 Å². The number of hydrogen-bond donors (Lipinski definition) is 1. The number of aromatic nitrogens is 2. The van der Waals surface area contributed by atoms with Crippen molar-refractivity contribution < 1.29 is 0 Å². The van der Waals surface area contributed by atoms with E-state index in [0.29, 0.717) is 17.7 Å². The van der Waals surface area contributed by atoms with Crippen LogP contribution in [0.4, 0.5) is 11.6 Å². The molecule has 1 aliphatic heterocycles. The first-order valence-corrected chi connectivity index (χ1v) is 6.86. The van der Waals surface area contributed by atoms with Crippen LogP contribution in [0.25, 0.3) is 0 Å². The Hall–Kier alpha value is -1.32. The van der Waals surface area contributed by atoms with E-state index < -0.39 is 0 Å². The SMILES string of the molecule is CC(C)c1nc(N)cc(N2CCC(C)C(C)C2)n1. The third-order valence-electron chi connectivity index (χ3n) is 3.92. The fourth-order valence-electron chi connectivity index (χ4n) is 2.36. The quantitative estimate of drug-likeness (QED) is 0.874. The van der Waals surface area contributed by atoms with Crippen molar-refractivity contribution in [3.8, 4) is 0 Å². The Bertz CT molecular complexity index is 416. The van der Waals surface area contributed by atoms with Gasteiger partial charge in [0, 0.05) is 25.1 Å². The normalized spacial score (nSPS) is 24.6. The maximum Gasteiger partial charge on any atom is 0.135 e. The fraction of sp³-hybridized carbons (Fsp3) is 0.714. The van der Waals surface area contributed by atoms with Crippen LogP contribution in [0, 0.1) is 11.8 Å². The molecule has 1 saturated heterocycles. The first kappa shape index (κ1) is 13.1. The highest BCUT2D eigenvalue weighted by Crippen LogP contribution is 2.27. The summed E-state index contributed by atoms with van der Waals surface area (Å²) in [5.74, 6) is 4.23. The van der Waals surface area contributed by atoms with E-state index in [-0.39, 0.29) is 0 Å². The van der Waals surface area contributed by atoms with Gasteiger partial charge in [0.25, 0.3) is 0 Å². The Morgan fingerprint density at radius 2 is 2.00 bits per heavy atom. The van der Waals surface area contributed by atoms with Crippen molar-refractivity contribution >= 4 is 11.6 Å². The lowest BCUT2D eigenvalue weighted by atomic mass is 9.89. The molecule has 2 atom stereocenters. The van der Waals surface area contributed by atoms with Gasteiger partial charge in [-0.1, -0.05) is 27.7 Å². The summed E-state index contributed by atoms with van der Waals surface area (Å²) < 4.78 is 0. The summed E-state index contributed by atoms with van der Waals surface area (Å²) in [5, 5.41) is 0. The molecule has 0 radical (unpaired) electrons. The second-order valence-electron chi connectivity index (χ2n) is 5.85. The molecule has 0 spiro atoms. The van der Waals surface area contributed by atoms with Crippen LogP contribution >= 0.6 is 0 Å². The maximum absolute atomic E-state index is 5.89. The van der Waals surface area contributed by atoms with Crippen LogP contribution < -0.4 is 10.6 Å². The summed E-state index contributed by atoms with van der Waals surface area (Å²) in [7, 11) is 0. The minimum absolute atomic E-state index is 0.313. The van der Waals surface area contributed by atoms with E-state index in [1.807, 2.05) is 6.07 Å². The summed E-state index contributed by atoms with van der Waals surface area (Å²) in [4.78, 5) is 11.3. The summed E-state index contributed by atoms with van der Waals surface area (Å²) in [5.41, 5.74) is 5.89. The number of nitrogens with two attached hydrogens (primary N) is 1. The lowest BCUT2D eigenvalue weighted by molar-refractivity contribution is 0.322. The number of rotatable bonds is 2. The van der Waals surface area contributed by atoms with Gasteiger partial charge >= 0.3 is 0 Å². The lowest BCUT2D eigenvalue weighted by Crippen LogP contribution is -2.39. The molecule has 4 nitrogen and oxygen atoms in total. The van der Waals surface area contributed by atoms with Gasteiger partial charge in [0.2, 0.25) is 0 Å². The molecule has 1 aromatic heterocycles. The third-order valence-corrected chi connectivity index (χ3v) is 3.92. The summed E-state index contributed by atoms with van der Waals surface area (Å²) in [6.45, 7) is 11.0. The average Bonchev–Trinajstić information content (AvgIpc) is 2.31. The van der Waals surface area contributed by atoms with Crippen molar-refractivity contribution in [1.29, 1.82) is 0 Å². The Labute approximate surface area is 110 Å². The van der Waals surface area contributed by atoms with Crippen LogP contribution in [0.5, 0.6) is 0 Å². The summed E-state index contributed by atoms with van der Waals surface area (Å²) >= 11 is 0. The van der Waals surface area contributed by atoms with Crippen LogP contribution in [0.1, 0.15) is 45.9 Å². The monoisotopic (exact) mass is 248 g/mol. The molecule has 0 saturated carbocycles. The van der Waals surface area contributed by atoms with Gasteiger partial charge in [-0.2, -0.15) is 0 Å². The number of nitrogens with zero attached hydrogens (tertiary/aromatic N) is 3. The van der Waals surface area contributed by atoms with E-state index in [1.165, 1.54) is 6.42 Å². The molecule has 2 unspecified atom stereocenters. The van der Waals surface area contributed by atoms with Crippen LogP contribution in [-0.2, 0) is 0 Å². The van der Waals surface area contributed by atoms with Gasteiger partial charge in [0.05, 0.1) is 0 Å². The average molecular weight is 248 g/mol. The van der Waals surface area contributed by atoms with Gasteiger partial charge in [-0.3, -0.25) is 0 Å². The van der Waals surface area contributed by atoms with E-state index >= 15 is 0 Å². The molecule has 0 aromatic carbocycles. The van der Waals surface area contributed by atoms with Crippen LogP contribution in [-0.4, -0.2) is 23.1 Å². The zero-order valence-electron chi connectivity index (χ0n) is 11.8. The van der Waals surface area contributed by atoms with Crippen molar-refractivity contribution in [2.24, 2.45) is 11.8 Å². The molecular weight excluding hydrogens is 224 g/mol. The van der Waals surface area contributed by atoms with Gasteiger partial charge in [-0.05, 0) is 18.3 Å². The Morgan fingerprint density at radius 1 is 1.28 bits per heavy atom. The van der Waals surface area contributed by atoms with Crippen molar-refractivity contribution in [2.45, 2.75) is 40.0 Å². The number of piperidine rings is 1. The van der Waals surface area contributed by atoms with Crippen LogP contribution in [0.2, 0.25) is 0 Å². The second kappa shape index (κ2) is 5.12. The Morgan fingerprint density at radius 3 is 2.61 bits per heavy atom. The zero-order valence-corrected chi connectivity index (χ0v) is 11.8. The lowest BCUT2D eigenvalue weighted by Gasteiger charge is -2.36. The van der Waals surface area contributed by atoms with Gasteiger partial charge < -0.3 is 10.6 Å². The highest BCUT2D eigenvalue weighted by Gasteiger charge is 2.24. The van der Waals surface area contributed by atoms with Crippen LogP contribution in [0.15, 0.2) is 6.07 Å². The molecule has 0 bridgehead atoms. The fourth-order valence-corrected chi connectivity index (χ4v) is 2.36. The van der Waals surface area contributed by atoms with E-state index in [2.05, 4.69) is 42.6 Å². The molecule has 2 heterocycles. The molecule has 2 rings (SSSR count). The predicted molar refractivity (Wildman–Crippen MR) is 75.7 cm³/mol. The standard InChI is InChI=1S/C14H24N4/c1-9(2)14-16-12(15)7-13(17-14)18-6-5-10(3)11(4)8-18/h7,9-11H,5-6,8H2,1-4H3,(H2,15,16,17). The first-order chi connectivity index (χ1) is 8.47. The molecule has 1 aliphatic rings. The number of nitrogen functional groups attached to an aromatic ring is 1. The molecule has 18 heavy (non-hydrogen) atoms. The highest BCUT2D eigenvalue weighted by atomic mass is 15.2. The first-order valence-electron chi connectivity index (χ1n) is 6.86. The zero-order chi connectivity index (χ0) is 13.3. The van der Waals surface area contributed by atoms with Crippen molar-refractivity contribution in [2.75, 3.05) is 23.7 Å². The number of hydrogen-bond acceptors (Lipinski definition) is 4. The molecule has 4 heteroatoms. The van der Waals surface area contributed by atoms with Crippen molar-refractivity contribution in [1.82, 2.24) is 9.97 Å². The molecule has 0 amide bonds. The van der Waals surface area contributed by atoms with Crippen LogP contribution in [0.3, 0.4) is 0 Å².